The number of hydrogen-bond donors (Lipinski definition) is 1. The number of halogens is 1. The van der Waals surface area contributed by atoms with Gasteiger partial charge in [-0.05, 0) is 36.5 Å². The van der Waals surface area contributed by atoms with E-state index >= 15 is 0 Å². The van der Waals surface area contributed by atoms with E-state index < -0.39 is 33.8 Å². The van der Waals surface area contributed by atoms with Crippen LogP contribution in [0, 0.1) is 15.9 Å². The molecule has 0 saturated carbocycles. The topological polar surface area (TPSA) is 111 Å². The Morgan fingerprint density at radius 3 is 2.59 bits per heavy atom. The molecule has 1 N–H and O–H groups in total. The van der Waals surface area contributed by atoms with Crippen molar-refractivity contribution in [2.24, 2.45) is 0 Å². The lowest BCUT2D eigenvalue weighted by Gasteiger charge is -2.29. The number of nitro benzene ring substituents is 1. The number of benzene rings is 2. The highest BCUT2D eigenvalue weighted by Crippen LogP contribution is 2.39. The van der Waals surface area contributed by atoms with Crippen LogP contribution in [0.2, 0.25) is 0 Å². The molecule has 0 unspecified atom stereocenters. The van der Waals surface area contributed by atoms with Crippen LogP contribution in [-0.4, -0.2) is 28.6 Å². The Balaban J connectivity index is 1.82. The summed E-state index contributed by atoms with van der Waals surface area (Å²) in [6.07, 6.45) is 1.04. The van der Waals surface area contributed by atoms with Crippen molar-refractivity contribution in [3.05, 3.63) is 63.5 Å². The van der Waals surface area contributed by atoms with Crippen molar-refractivity contribution in [3.63, 3.8) is 0 Å². The summed E-state index contributed by atoms with van der Waals surface area (Å²) in [6, 6.07) is 7.80. The van der Waals surface area contributed by atoms with E-state index in [1.165, 1.54) is 24.3 Å². The van der Waals surface area contributed by atoms with E-state index in [1.54, 1.807) is 0 Å². The molecule has 0 bridgehead atoms. The number of anilines is 1. The van der Waals surface area contributed by atoms with Crippen LogP contribution in [0.15, 0.2) is 42.0 Å². The molecular weight excluding hydrogens is 405 g/mol. The molecule has 2 aliphatic rings. The number of nitrogens with zero attached hydrogens (tertiary/aromatic N) is 2. The first kappa shape index (κ1) is 18.5. The molecular formula is C18H10FN3O6S. The van der Waals surface area contributed by atoms with Gasteiger partial charge < -0.3 is 9.47 Å². The van der Waals surface area contributed by atoms with Gasteiger partial charge >= 0.3 is 0 Å². The Kier molecular flexibility index (Phi) is 4.43. The molecule has 0 aliphatic carbocycles. The zero-order chi connectivity index (χ0) is 20.7. The number of ether oxygens (including phenoxy) is 2. The molecule has 2 aliphatic heterocycles. The molecule has 1 fully saturated rings. The minimum Gasteiger partial charge on any atom is -0.454 e. The smallest absolute Gasteiger partial charge is 0.280 e. The minimum atomic E-state index is -0.921. The predicted molar refractivity (Wildman–Crippen MR) is 102 cm³/mol. The van der Waals surface area contributed by atoms with Gasteiger partial charge in [0.05, 0.1) is 22.2 Å². The minimum absolute atomic E-state index is 0.0564. The summed E-state index contributed by atoms with van der Waals surface area (Å²) >= 11 is 5.01. The molecule has 9 nitrogen and oxygen atoms in total. The van der Waals surface area contributed by atoms with Gasteiger partial charge in [-0.2, -0.15) is 0 Å². The largest absolute Gasteiger partial charge is 0.454 e. The number of thiocarbonyl (C=S) groups is 1. The maximum Gasteiger partial charge on any atom is 0.280 e. The van der Waals surface area contributed by atoms with Crippen molar-refractivity contribution in [1.82, 2.24) is 5.32 Å². The summed E-state index contributed by atoms with van der Waals surface area (Å²) in [5.74, 6) is -2.11. The summed E-state index contributed by atoms with van der Waals surface area (Å²) in [4.78, 5) is 36.9. The molecule has 0 atom stereocenters. The summed E-state index contributed by atoms with van der Waals surface area (Å²) in [5.41, 5.74) is -1.07. The molecule has 2 amide bonds. The first-order valence-corrected chi connectivity index (χ1v) is 8.51. The molecule has 0 aromatic heterocycles. The van der Waals surface area contributed by atoms with Gasteiger partial charge in [0.1, 0.15) is 11.4 Å². The third kappa shape index (κ3) is 3.17. The summed E-state index contributed by atoms with van der Waals surface area (Å²) < 4.78 is 24.5. The van der Waals surface area contributed by atoms with Crippen LogP contribution < -0.4 is 19.7 Å². The number of amides is 2. The second-order valence-corrected chi connectivity index (χ2v) is 6.32. The number of rotatable bonds is 3. The number of para-hydroxylation sites is 1. The second kappa shape index (κ2) is 6.95. The van der Waals surface area contributed by atoms with Crippen molar-refractivity contribution in [3.8, 4) is 11.5 Å². The molecule has 2 aromatic rings. The van der Waals surface area contributed by atoms with Gasteiger partial charge in [-0.1, -0.05) is 12.1 Å². The molecule has 0 spiro atoms. The predicted octanol–water partition coefficient (Wildman–Crippen LogP) is 2.29. The molecule has 1 saturated heterocycles. The number of nitro groups is 1. The van der Waals surface area contributed by atoms with Crippen LogP contribution in [0.25, 0.3) is 6.08 Å². The van der Waals surface area contributed by atoms with Gasteiger partial charge in [0, 0.05) is 0 Å². The molecule has 146 valence electrons. The molecule has 2 heterocycles. The Morgan fingerprint density at radius 1 is 1.21 bits per heavy atom. The lowest BCUT2D eigenvalue weighted by atomic mass is 10.0. The van der Waals surface area contributed by atoms with Crippen LogP contribution in [-0.2, 0) is 9.59 Å². The average Bonchev–Trinajstić information content (AvgIpc) is 3.13. The van der Waals surface area contributed by atoms with E-state index in [9.17, 15) is 24.1 Å². The number of carbonyl (C=O) groups excluding carboxylic acids is 2. The Hall–Kier alpha value is -3.86. The zero-order valence-electron chi connectivity index (χ0n) is 14.4. The van der Waals surface area contributed by atoms with Crippen LogP contribution >= 0.6 is 12.2 Å². The Morgan fingerprint density at radius 2 is 1.90 bits per heavy atom. The molecule has 2 aromatic carbocycles. The maximum atomic E-state index is 14.2. The quantitative estimate of drug-likeness (QED) is 0.269. The molecule has 29 heavy (non-hydrogen) atoms. The lowest BCUT2D eigenvalue weighted by molar-refractivity contribution is -0.385. The van der Waals surface area contributed by atoms with Crippen molar-refractivity contribution in [1.29, 1.82) is 0 Å². The highest BCUT2D eigenvalue weighted by molar-refractivity contribution is 7.80. The van der Waals surface area contributed by atoms with Crippen LogP contribution in [0.4, 0.5) is 15.8 Å². The van der Waals surface area contributed by atoms with Crippen molar-refractivity contribution < 1.29 is 28.4 Å². The van der Waals surface area contributed by atoms with E-state index in [-0.39, 0.29) is 34.7 Å². The third-order valence-electron chi connectivity index (χ3n) is 4.21. The van der Waals surface area contributed by atoms with Gasteiger partial charge in [-0.3, -0.25) is 25.0 Å². The van der Waals surface area contributed by atoms with Crippen molar-refractivity contribution >= 4 is 46.6 Å². The van der Waals surface area contributed by atoms with E-state index in [0.29, 0.717) is 0 Å². The average molecular weight is 415 g/mol. The van der Waals surface area contributed by atoms with E-state index in [1.807, 2.05) is 0 Å². The van der Waals surface area contributed by atoms with Gasteiger partial charge in [0.25, 0.3) is 17.5 Å². The summed E-state index contributed by atoms with van der Waals surface area (Å²) in [5, 5.41) is 13.4. The first-order chi connectivity index (χ1) is 13.9. The van der Waals surface area contributed by atoms with Gasteiger partial charge in [0.15, 0.2) is 16.6 Å². The summed E-state index contributed by atoms with van der Waals surface area (Å²) in [7, 11) is 0. The standard InChI is InChI=1S/C18H10FN3O6S/c19-11-3-1-2-4-12(11)21-17(24)10(16(23)20-18(21)29)5-9-6-14-15(28-8-27-14)7-13(9)22(25)26/h1-7H,8H2,(H,20,23,29)/b10-5-. The van der Waals surface area contributed by atoms with Crippen LogP contribution in [0.1, 0.15) is 5.56 Å². The number of nitrogens with one attached hydrogen (secondary N) is 1. The van der Waals surface area contributed by atoms with Gasteiger partial charge in [0.2, 0.25) is 6.79 Å². The highest BCUT2D eigenvalue weighted by Gasteiger charge is 2.36. The van der Waals surface area contributed by atoms with Gasteiger partial charge in [-0.25, -0.2) is 9.29 Å². The Labute approximate surface area is 167 Å². The molecule has 11 heteroatoms. The summed E-state index contributed by atoms with van der Waals surface area (Å²) in [6.45, 7) is -0.110. The number of hydrogen-bond acceptors (Lipinski definition) is 7. The molecule has 4 rings (SSSR count). The third-order valence-corrected chi connectivity index (χ3v) is 4.50. The number of carbonyl (C=O) groups is 2. The fraction of sp³-hybridized carbons (Fsp3) is 0.0556. The van der Waals surface area contributed by atoms with E-state index in [0.717, 1.165) is 23.1 Å². The fourth-order valence-electron chi connectivity index (χ4n) is 2.89. The monoisotopic (exact) mass is 415 g/mol. The number of fused-ring (bicyclic) bond motifs is 1. The second-order valence-electron chi connectivity index (χ2n) is 5.93. The SMILES string of the molecule is O=C1NC(=S)N(c2ccccc2F)C(=O)/C1=C\c1cc2c(cc1[N+](=O)[O-])OCO2. The van der Waals surface area contributed by atoms with E-state index in [4.69, 9.17) is 21.7 Å². The van der Waals surface area contributed by atoms with Crippen LogP contribution in [0.5, 0.6) is 11.5 Å². The van der Waals surface area contributed by atoms with Crippen molar-refractivity contribution in [2.75, 3.05) is 11.7 Å². The zero-order valence-corrected chi connectivity index (χ0v) is 15.2. The van der Waals surface area contributed by atoms with Gasteiger partial charge in [-0.15, -0.1) is 0 Å². The normalized spacial score (nSPS) is 16.9. The van der Waals surface area contributed by atoms with Crippen LogP contribution in [0.3, 0.4) is 0 Å². The maximum absolute atomic E-state index is 14.2. The molecule has 0 radical (unpaired) electrons. The lowest BCUT2D eigenvalue weighted by Crippen LogP contribution is -2.54. The highest BCUT2D eigenvalue weighted by atomic mass is 32.1. The fourth-order valence-corrected chi connectivity index (χ4v) is 3.16. The van der Waals surface area contributed by atoms with Crippen molar-refractivity contribution in [2.45, 2.75) is 0 Å². The first-order valence-electron chi connectivity index (χ1n) is 8.11. The Bertz CT molecular complexity index is 1130. The van der Waals surface area contributed by atoms with E-state index in [2.05, 4.69) is 5.32 Å².